The molecule has 0 aromatic carbocycles. The average molecular weight is 324 g/mol. The number of carbonyl (C=O) groups is 1. The van der Waals surface area contributed by atoms with Gasteiger partial charge in [-0.25, -0.2) is 13.8 Å². The predicted octanol–water partition coefficient (Wildman–Crippen LogP) is 0.483. The fourth-order valence-corrected chi connectivity index (χ4v) is 2.41. The van der Waals surface area contributed by atoms with E-state index in [4.69, 9.17) is 15.6 Å². The number of aliphatic hydroxyl groups is 1. The third-order valence-electron chi connectivity index (χ3n) is 2.45. The first kappa shape index (κ1) is 17.5. The molecule has 0 atom stereocenters. The topological polar surface area (TPSA) is 101 Å². The van der Waals surface area contributed by atoms with Crippen LogP contribution in [0.5, 0.6) is 0 Å². The molecule has 7 nitrogen and oxygen atoms in total. The maximum atomic E-state index is 12.5. The number of nitrogens with one attached hydrogen (secondary N) is 1. The summed E-state index contributed by atoms with van der Waals surface area (Å²) in [5, 5.41) is 12.2. The van der Waals surface area contributed by atoms with Crippen molar-refractivity contribution in [3.05, 3.63) is 4.88 Å². The molecule has 0 unspecified atom stereocenters. The molecule has 1 rings (SSSR count). The second kappa shape index (κ2) is 8.70. The van der Waals surface area contributed by atoms with Gasteiger partial charge in [0.2, 0.25) is 0 Å². The van der Waals surface area contributed by atoms with E-state index in [1.165, 1.54) is 0 Å². The predicted molar refractivity (Wildman–Crippen MR) is 75.9 cm³/mol. The van der Waals surface area contributed by atoms with Crippen molar-refractivity contribution in [3.8, 4) is 0 Å². The minimum atomic E-state index is -2.69. The number of nitrogen functional groups attached to an aromatic ring is 1. The molecular formula is C11H18F2N4O3S. The Morgan fingerprint density at radius 1 is 1.62 bits per heavy atom. The number of anilines is 2. The Kier molecular flexibility index (Phi) is 7.26. The van der Waals surface area contributed by atoms with Crippen LogP contribution in [0.2, 0.25) is 0 Å². The monoisotopic (exact) mass is 324 g/mol. The van der Waals surface area contributed by atoms with Gasteiger partial charge in [-0.2, -0.15) is 0 Å². The molecule has 0 aliphatic heterocycles. The number of aliphatic hydroxyl groups excluding tert-OH is 1. The minimum absolute atomic E-state index is 0.0258. The van der Waals surface area contributed by atoms with Gasteiger partial charge in [-0.15, -0.1) is 0 Å². The van der Waals surface area contributed by atoms with Crippen LogP contribution in [0.15, 0.2) is 0 Å². The van der Waals surface area contributed by atoms with E-state index >= 15 is 0 Å². The number of amides is 1. The molecule has 21 heavy (non-hydrogen) atoms. The Bertz CT molecular complexity index is 459. The number of methoxy groups -OCH3 is 1. The molecule has 0 spiro atoms. The molecule has 0 bridgehead atoms. The second-order valence-electron chi connectivity index (χ2n) is 4.02. The van der Waals surface area contributed by atoms with E-state index < -0.39 is 25.5 Å². The van der Waals surface area contributed by atoms with Crippen LogP contribution in [0.3, 0.4) is 0 Å². The number of alkyl halides is 2. The Balaban J connectivity index is 2.79. The summed E-state index contributed by atoms with van der Waals surface area (Å²) >= 11 is 0.979. The third-order valence-corrected chi connectivity index (χ3v) is 3.46. The number of thiazole rings is 1. The summed E-state index contributed by atoms with van der Waals surface area (Å²) in [6.45, 7) is -0.425. The largest absolute Gasteiger partial charge is 0.395 e. The number of carbonyl (C=O) groups excluding carboxylic acids is 1. The van der Waals surface area contributed by atoms with E-state index in [9.17, 15) is 13.6 Å². The highest BCUT2D eigenvalue weighted by Gasteiger charge is 2.24. The van der Waals surface area contributed by atoms with Crippen LogP contribution in [0.25, 0.3) is 0 Å². The Morgan fingerprint density at radius 3 is 2.90 bits per heavy atom. The van der Waals surface area contributed by atoms with Gasteiger partial charge in [-0.05, 0) is 0 Å². The van der Waals surface area contributed by atoms with Gasteiger partial charge in [0, 0.05) is 20.2 Å². The van der Waals surface area contributed by atoms with Crippen molar-refractivity contribution in [3.63, 3.8) is 0 Å². The molecule has 1 amide bonds. The van der Waals surface area contributed by atoms with Crippen LogP contribution >= 0.6 is 11.3 Å². The molecule has 0 saturated heterocycles. The number of nitrogens with two attached hydrogens (primary N) is 1. The quantitative estimate of drug-likeness (QED) is 0.571. The molecule has 10 heteroatoms. The zero-order valence-electron chi connectivity index (χ0n) is 11.5. The number of rotatable bonds is 9. The standard InChI is InChI=1S/C11H18F2N4O3S/c1-20-5-2-15-11-16-9(14)8(21-11)10(19)17(3-4-18)6-7(12)13/h7,18H,2-6,14H2,1H3,(H,15,16). The molecule has 120 valence electrons. The molecule has 1 aromatic rings. The fourth-order valence-electron chi connectivity index (χ4n) is 1.53. The van der Waals surface area contributed by atoms with Crippen LogP contribution in [0.4, 0.5) is 19.7 Å². The van der Waals surface area contributed by atoms with Crippen molar-refractivity contribution in [2.24, 2.45) is 0 Å². The van der Waals surface area contributed by atoms with Gasteiger partial charge in [0.25, 0.3) is 12.3 Å². The summed E-state index contributed by atoms with van der Waals surface area (Å²) in [4.78, 5) is 17.0. The second-order valence-corrected chi connectivity index (χ2v) is 5.02. The summed E-state index contributed by atoms with van der Waals surface area (Å²) in [5.74, 6) is -0.693. The molecule has 0 radical (unpaired) electrons. The van der Waals surface area contributed by atoms with Crippen LogP contribution in [0, 0.1) is 0 Å². The van der Waals surface area contributed by atoms with Crippen LogP contribution in [-0.2, 0) is 4.74 Å². The highest BCUT2D eigenvalue weighted by atomic mass is 32.1. The molecule has 1 heterocycles. The summed E-state index contributed by atoms with van der Waals surface area (Å²) in [7, 11) is 1.55. The highest BCUT2D eigenvalue weighted by molar-refractivity contribution is 7.18. The first-order valence-electron chi connectivity index (χ1n) is 6.17. The van der Waals surface area contributed by atoms with Gasteiger partial charge in [0.15, 0.2) is 5.13 Å². The van der Waals surface area contributed by atoms with Crippen LogP contribution in [0.1, 0.15) is 9.67 Å². The maximum absolute atomic E-state index is 12.5. The molecule has 0 saturated carbocycles. The summed E-state index contributed by atoms with van der Waals surface area (Å²) in [6, 6.07) is 0. The van der Waals surface area contributed by atoms with Crippen molar-refractivity contribution >= 4 is 28.2 Å². The van der Waals surface area contributed by atoms with E-state index in [1.807, 2.05) is 0 Å². The lowest BCUT2D eigenvalue weighted by molar-refractivity contribution is 0.0514. The molecule has 0 aliphatic rings. The number of halogens is 2. The van der Waals surface area contributed by atoms with Crippen molar-refractivity contribution < 1.29 is 23.4 Å². The first-order valence-corrected chi connectivity index (χ1v) is 6.98. The normalized spacial score (nSPS) is 10.9. The number of hydrogen-bond donors (Lipinski definition) is 3. The Hall–Kier alpha value is -1.52. The zero-order chi connectivity index (χ0) is 15.8. The molecule has 0 fully saturated rings. The van der Waals surface area contributed by atoms with Crippen molar-refractivity contribution in [1.29, 1.82) is 0 Å². The van der Waals surface area contributed by atoms with E-state index in [1.54, 1.807) is 7.11 Å². The SMILES string of the molecule is COCCNc1nc(N)c(C(=O)N(CCO)CC(F)F)s1. The highest BCUT2D eigenvalue weighted by Crippen LogP contribution is 2.26. The van der Waals surface area contributed by atoms with Gasteiger partial charge >= 0.3 is 0 Å². The van der Waals surface area contributed by atoms with Crippen molar-refractivity contribution in [1.82, 2.24) is 9.88 Å². The maximum Gasteiger partial charge on any atom is 0.268 e. The van der Waals surface area contributed by atoms with Crippen molar-refractivity contribution in [2.45, 2.75) is 6.43 Å². The van der Waals surface area contributed by atoms with Gasteiger partial charge < -0.3 is 25.8 Å². The molecule has 1 aromatic heterocycles. The van der Waals surface area contributed by atoms with E-state index in [0.717, 1.165) is 16.2 Å². The van der Waals surface area contributed by atoms with E-state index in [2.05, 4.69) is 10.3 Å². The molecular weight excluding hydrogens is 306 g/mol. The Labute approximate surface area is 124 Å². The lowest BCUT2D eigenvalue weighted by atomic mass is 10.4. The van der Waals surface area contributed by atoms with Gasteiger partial charge in [0.05, 0.1) is 19.8 Å². The average Bonchev–Trinajstić information content (AvgIpc) is 2.78. The zero-order valence-corrected chi connectivity index (χ0v) is 12.3. The van der Waals surface area contributed by atoms with Crippen LogP contribution in [-0.4, -0.2) is 67.3 Å². The van der Waals surface area contributed by atoms with Crippen LogP contribution < -0.4 is 11.1 Å². The van der Waals surface area contributed by atoms with Gasteiger partial charge in [-0.1, -0.05) is 11.3 Å². The van der Waals surface area contributed by atoms with Gasteiger partial charge in [-0.3, -0.25) is 4.79 Å². The minimum Gasteiger partial charge on any atom is -0.395 e. The smallest absolute Gasteiger partial charge is 0.268 e. The lowest BCUT2D eigenvalue weighted by Gasteiger charge is -2.20. The van der Waals surface area contributed by atoms with E-state index in [-0.39, 0.29) is 17.2 Å². The Morgan fingerprint density at radius 2 is 2.33 bits per heavy atom. The number of nitrogens with zero attached hydrogens (tertiary/aromatic N) is 2. The third kappa shape index (κ3) is 5.40. The van der Waals surface area contributed by atoms with Gasteiger partial charge in [0.1, 0.15) is 10.7 Å². The molecule has 4 N–H and O–H groups in total. The lowest BCUT2D eigenvalue weighted by Crippen LogP contribution is -2.37. The first-order chi connectivity index (χ1) is 9.99. The number of aromatic nitrogens is 1. The summed E-state index contributed by atoms with van der Waals surface area (Å²) in [6.07, 6.45) is -2.69. The fraction of sp³-hybridized carbons (Fsp3) is 0.636. The number of hydrogen-bond acceptors (Lipinski definition) is 7. The van der Waals surface area contributed by atoms with Crippen molar-refractivity contribution in [2.75, 3.05) is 51.0 Å². The molecule has 0 aliphatic carbocycles. The summed E-state index contributed by atoms with van der Waals surface area (Å²) in [5.41, 5.74) is 5.64. The number of ether oxygens (including phenoxy) is 1. The summed E-state index contributed by atoms with van der Waals surface area (Å²) < 4.78 is 29.8. The van der Waals surface area contributed by atoms with E-state index in [0.29, 0.717) is 18.3 Å².